The maximum Gasteiger partial charge on any atom is 0.309 e. The summed E-state index contributed by atoms with van der Waals surface area (Å²) in [7, 11) is 0. The molecule has 1 saturated carbocycles. The zero-order valence-corrected chi connectivity index (χ0v) is 10.9. The molecule has 3 unspecified atom stereocenters. The van der Waals surface area contributed by atoms with Crippen molar-refractivity contribution in [2.45, 2.75) is 32.6 Å². The predicted octanol–water partition coefficient (Wildman–Crippen LogP) is 2.99. The Morgan fingerprint density at radius 2 is 1.94 bits per heavy atom. The first-order valence-electron chi connectivity index (χ1n) is 7.03. The van der Waals surface area contributed by atoms with E-state index in [4.69, 9.17) is 4.74 Å². The molecule has 2 heteroatoms. The van der Waals surface area contributed by atoms with E-state index in [0.717, 1.165) is 19.3 Å². The number of hydrogen-bond donors (Lipinski definition) is 0. The van der Waals surface area contributed by atoms with E-state index in [1.165, 1.54) is 17.5 Å². The number of fused-ring (bicyclic) bond motifs is 2. The molecular weight excluding hydrogens is 224 g/mol. The molecule has 0 amide bonds. The molecule has 0 N–H and O–H groups in total. The van der Waals surface area contributed by atoms with E-state index >= 15 is 0 Å². The smallest absolute Gasteiger partial charge is 0.309 e. The van der Waals surface area contributed by atoms with E-state index in [1.54, 1.807) is 0 Å². The average Bonchev–Trinajstić information content (AvgIpc) is 2.79. The van der Waals surface area contributed by atoms with Crippen LogP contribution >= 0.6 is 0 Å². The number of rotatable bonds is 2. The van der Waals surface area contributed by atoms with E-state index in [2.05, 4.69) is 24.3 Å². The maximum absolute atomic E-state index is 12.0. The lowest BCUT2D eigenvalue weighted by Crippen LogP contribution is -2.30. The molecule has 3 atom stereocenters. The van der Waals surface area contributed by atoms with Crippen LogP contribution in [0.5, 0.6) is 0 Å². The van der Waals surface area contributed by atoms with Crippen molar-refractivity contribution in [1.82, 2.24) is 0 Å². The molecule has 1 aromatic carbocycles. The van der Waals surface area contributed by atoms with Crippen LogP contribution in [0.2, 0.25) is 0 Å². The SMILES string of the molecule is CCOC(=O)C1CCC2Cc3ccccc3CC21. The average molecular weight is 244 g/mol. The second kappa shape index (κ2) is 4.75. The summed E-state index contributed by atoms with van der Waals surface area (Å²) >= 11 is 0. The Bertz CT molecular complexity index is 452. The summed E-state index contributed by atoms with van der Waals surface area (Å²) < 4.78 is 5.22. The second-order valence-electron chi connectivity index (χ2n) is 5.54. The zero-order chi connectivity index (χ0) is 12.5. The number of carbonyl (C=O) groups excluding carboxylic acids is 1. The summed E-state index contributed by atoms with van der Waals surface area (Å²) in [5.74, 6) is 1.38. The first-order chi connectivity index (χ1) is 8.79. The number of hydrogen-bond acceptors (Lipinski definition) is 2. The molecule has 0 heterocycles. The minimum Gasteiger partial charge on any atom is -0.466 e. The van der Waals surface area contributed by atoms with Crippen LogP contribution in [0.4, 0.5) is 0 Å². The van der Waals surface area contributed by atoms with Crippen LogP contribution in [0, 0.1) is 17.8 Å². The van der Waals surface area contributed by atoms with Crippen LogP contribution in [0.15, 0.2) is 24.3 Å². The van der Waals surface area contributed by atoms with Gasteiger partial charge in [0, 0.05) is 0 Å². The van der Waals surface area contributed by atoms with Crippen LogP contribution < -0.4 is 0 Å². The van der Waals surface area contributed by atoms with Crippen LogP contribution in [-0.2, 0) is 22.4 Å². The summed E-state index contributed by atoms with van der Waals surface area (Å²) in [4.78, 5) is 12.0. The van der Waals surface area contributed by atoms with Gasteiger partial charge in [0.25, 0.3) is 0 Å². The quantitative estimate of drug-likeness (QED) is 0.748. The summed E-state index contributed by atoms with van der Waals surface area (Å²) in [6.07, 6.45) is 4.41. The highest BCUT2D eigenvalue weighted by molar-refractivity contribution is 5.73. The molecule has 0 spiro atoms. The molecule has 1 aromatic rings. The van der Waals surface area contributed by atoms with Gasteiger partial charge in [-0.3, -0.25) is 4.79 Å². The maximum atomic E-state index is 12.0. The third kappa shape index (κ3) is 1.94. The number of carbonyl (C=O) groups is 1. The Labute approximate surface area is 108 Å². The van der Waals surface area contributed by atoms with Gasteiger partial charge in [0.15, 0.2) is 0 Å². The fraction of sp³-hybridized carbons (Fsp3) is 0.562. The van der Waals surface area contributed by atoms with Crippen molar-refractivity contribution in [2.24, 2.45) is 17.8 Å². The monoisotopic (exact) mass is 244 g/mol. The van der Waals surface area contributed by atoms with E-state index in [9.17, 15) is 4.79 Å². The number of benzene rings is 1. The zero-order valence-electron chi connectivity index (χ0n) is 10.9. The van der Waals surface area contributed by atoms with E-state index in [1.807, 2.05) is 6.92 Å². The van der Waals surface area contributed by atoms with Crippen molar-refractivity contribution in [3.63, 3.8) is 0 Å². The van der Waals surface area contributed by atoms with E-state index in [0.29, 0.717) is 18.4 Å². The van der Waals surface area contributed by atoms with Gasteiger partial charge in [-0.15, -0.1) is 0 Å². The standard InChI is InChI=1S/C16H20O2/c1-2-18-16(17)14-8-7-13-9-11-5-3-4-6-12(11)10-15(13)14/h3-6,13-15H,2,7-10H2,1H3. The Morgan fingerprint density at radius 3 is 2.67 bits per heavy atom. The lowest BCUT2D eigenvalue weighted by molar-refractivity contribution is -0.149. The lowest BCUT2D eigenvalue weighted by atomic mass is 9.75. The molecule has 0 bridgehead atoms. The summed E-state index contributed by atoms with van der Waals surface area (Å²) in [6.45, 7) is 2.39. The van der Waals surface area contributed by atoms with Crippen LogP contribution in [-0.4, -0.2) is 12.6 Å². The summed E-state index contributed by atoms with van der Waals surface area (Å²) in [5, 5.41) is 0. The topological polar surface area (TPSA) is 26.3 Å². The fourth-order valence-corrected chi connectivity index (χ4v) is 3.75. The normalized spacial score (nSPS) is 29.5. The molecule has 0 aliphatic heterocycles. The van der Waals surface area contributed by atoms with Gasteiger partial charge in [-0.1, -0.05) is 24.3 Å². The highest BCUT2D eigenvalue weighted by Gasteiger charge is 2.43. The molecule has 0 aromatic heterocycles. The minimum absolute atomic E-state index is 0.0318. The van der Waals surface area contributed by atoms with Gasteiger partial charge in [-0.25, -0.2) is 0 Å². The Hall–Kier alpha value is -1.31. The predicted molar refractivity (Wildman–Crippen MR) is 70.2 cm³/mol. The highest BCUT2D eigenvalue weighted by Crippen LogP contribution is 2.45. The van der Waals surface area contributed by atoms with Gasteiger partial charge < -0.3 is 4.74 Å². The van der Waals surface area contributed by atoms with Gasteiger partial charge in [-0.05, 0) is 55.6 Å². The molecule has 2 aliphatic rings. The molecule has 0 radical (unpaired) electrons. The molecule has 2 aliphatic carbocycles. The third-order valence-corrected chi connectivity index (χ3v) is 4.62. The summed E-state index contributed by atoms with van der Waals surface area (Å²) in [5.41, 5.74) is 2.93. The molecular formula is C16H20O2. The summed E-state index contributed by atoms with van der Waals surface area (Å²) in [6, 6.07) is 8.68. The van der Waals surface area contributed by atoms with E-state index in [-0.39, 0.29) is 11.9 Å². The van der Waals surface area contributed by atoms with Crippen molar-refractivity contribution < 1.29 is 9.53 Å². The Kier molecular flexibility index (Phi) is 3.11. The third-order valence-electron chi connectivity index (χ3n) is 4.62. The van der Waals surface area contributed by atoms with Gasteiger partial charge >= 0.3 is 5.97 Å². The first kappa shape index (κ1) is 11.8. The van der Waals surface area contributed by atoms with Crippen molar-refractivity contribution in [3.8, 4) is 0 Å². The van der Waals surface area contributed by atoms with Crippen LogP contribution in [0.25, 0.3) is 0 Å². The highest BCUT2D eigenvalue weighted by atomic mass is 16.5. The van der Waals surface area contributed by atoms with Crippen LogP contribution in [0.3, 0.4) is 0 Å². The van der Waals surface area contributed by atoms with Gasteiger partial charge in [0.1, 0.15) is 0 Å². The Morgan fingerprint density at radius 1 is 1.22 bits per heavy atom. The van der Waals surface area contributed by atoms with Crippen molar-refractivity contribution >= 4 is 5.97 Å². The van der Waals surface area contributed by atoms with E-state index < -0.39 is 0 Å². The molecule has 3 rings (SSSR count). The Balaban J connectivity index is 1.81. The molecule has 2 nitrogen and oxygen atoms in total. The van der Waals surface area contributed by atoms with Crippen molar-refractivity contribution in [1.29, 1.82) is 0 Å². The number of esters is 1. The van der Waals surface area contributed by atoms with Gasteiger partial charge in [0.05, 0.1) is 12.5 Å². The second-order valence-corrected chi connectivity index (χ2v) is 5.54. The minimum atomic E-state index is 0.0318. The van der Waals surface area contributed by atoms with Crippen molar-refractivity contribution in [3.05, 3.63) is 35.4 Å². The fourth-order valence-electron chi connectivity index (χ4n) is 3.75. The largest absolute Gasteiger partial charge is 0.466 e. The van der Waals surface area contributed by atoms with Crippen LogP contribution in [0.1, 0.15) is 30.9 Å². The van der Waals surface area contributed by atoms with Gasteiger partial charge in [0.2, 0.25) is 0 Å². The molecule has 1 fully saturated rings. The first-order valence-corrected chi connectivity index (χ1v) is 7.03. The molecule has 96 valence electrons. The molecule has 18 heavy (non-hydrogen) atoms. The van der Waals surface area contributed by atoms with Crippen molar-refractivity contribution in [2.75, 3.05) is 6.61 Å². The van der Waals surface area contributed by atoms with Gasteiger partial charge in [-0.2, -0.15) is 0 Å². The number of ether oxygens (including phenoxy) is 1. The molecule has 0 saturated heterocycles. The lowest BCUT2D eigenvalue weighted by Gasteiger charge is -2.30.